The van der Waals surface area contributed by atoms with Crippen molar-refractivity contribution in [3.8, 4) is 0 Å². The van der Waals surface area contributed by atoms with Crippen LogP contribution in [-0.2, 0) is 21.5 Å². The van der Waals surface area contributed by atoms with E-state index in [0.717, 1.165) is 38.1 Å². The lowest BCUT2D eigenvalue weighted by molar-refractivity contribution is -0.101. The molecule has 6 nitrogen and oxygen atoms in total. The van der Waals surface area contributed by atoms with E-state index in [1.807, 2.05) is 0 Å². The number of piperidine rings is 1. The molecular weight excluding hydrogens is 270 g/mol. The van der Waals surface area contributed by atoms with Crippen LogP contribution in [0.15, 0.2) is 4.52 Å². The van der Waals surface area contributed by atoms with Gasteiger partial charge in [-0.15, -0.1) is 0 Å². The van der Waals surface area contributed by atoms with E-state index >= 15 is 0 Å². The molecule has 1 N–H and O–H groups in total. The van der Waals surface area contributed by atoms with Crippen molar-refractivity contribution in [3.05, 3.63) is 11.7 Å². The number of aryl methyl sites for hydroxylation is 1. The third-order valence-electron chi connectivity index (χ3n) is 4.69. The Hall–Kier alpha value is -0.980. The van der Waals surface area contributed by atoms with Crippen LogP contribution >= 0.6 is 0 Å². The Labute approximate surface area is 125 Å². The summed E-state index contributed by atoms with van der Waals surface area (Å²) in [5.41, 5.74) is -0.427. The second-order valence-corrected chi connectivity index (χ2v) is 6.01. The van der Waals surface area contributed by atoms with E-state index in [2.05, 4.69) is 15.5 Å². The van der Waals surface area contributed by atoms with Crippen LogP contribution in [0, 0.1) is 0 Å². The maximum atomic E-state index is 5.70. The zero-order chi connectivity index (χ0) is 14.5. The molecular formula is C15H25N3O3. The number of aromatic nitrogens is 2. The molecule has 0 aliphatic carbocycles. The fourth-order valence-electron chi connectivity index (χ4n) is 3.23. The molecule has 2 fully saturated rings. The van der Waals surface area contributed by atoms with Crippen LogP contribution in [0.2, 0.25) is 0 Å². The summed E-state index contributed by atoms with van der Waals surface area (Å²) < 4.78 is 16.5. The molecule has 1 aromatic heterocycles. The lowest BCUT2D eigenvalue weighted by atomic mass is 9.93. The summed E-state index contributed by atoms with van der Waals surface area (Å²) >= 11 is 0. The number of nitrogens with one attached hydrogen (secondary N) is 1. The predicted molar refractivity (Wildman–Crippen MR) is 77.0 cm³/mol. The van der Waals surface area contributed by atoms with Crippen LogP contribution in [-0.4, -0.2) is 43.1 Å². The molecule has 21 heavy (non-hydrogen) atoms. The van der Waals surface area contributed by atoms with Crippen molar-refractivity contribution in [1.82, 2.24) is 15.5 Å². The van der Waals surface area contributed by atoms with Gasteiger partial charge in [0, 0.05) is 45.6 Å². The molecule has 118 valence electrons. The first-order valence-electron chi connectivity index (χ1n) is 8.02. The fourth-order valence-corrected chi connectivity index (χ4v) is 3.23. The molecule has 3 rings (SSSR count). The molecule has 0 amide bonds. The summed E-state index contributed by atoms with van der Waals surface area (Å²) in [6.07, 6.45) is 7.32. The highest BCUT2D eigenvalue weighted by molar-refractivity contribution is 5.03. The standard InChI is InChI=1S/C15H25N3O3/c1-19-15(7-10-20-11-8-15)14-17-13(21-18-14)6-5-12-4-2-3-9-16-12/h12,16H,2-11H2,1H3. The van der Waals surface area contributed by atoms with Crippen LogP contribution in [0.1, 0.15) is 50.2 Å². The van der Waals surface area contributed by atoms with Crippen molar-refractivity contribution in [2.24, 2.45) is 0 Å². The Morgan fingerprint density at radius 2 is 2.19 bits per heavy atom. The number of methoxy groups -OCH3 is 1. The minimum absolute atomic E-state index is 0.427. The van der Waals surface area contributed by atoms with Crippen molar-refractivity contribution >= 4 is 0 Å². The van der Waals surface area contributed by atoms with Gasteiger partial charge in [0.1, 0.15) is 5.60 Å². The van der Waals surface area contributed by atoms with Gasteiger partial charge in [-0.05, 0) is 25.8 Å². The number of nitrogens with zero attached hydrogens (tertiary/aromatic N) is 2. The van der Waals surface area contributed by atoms with Crippen LogP contribution in [0.5, 0.6) is 0 Å². The van der Waals surface area contributed by atoms with Crippen LogP contribution in [0.4, 0.5) is 0 Å². The highest BCUT2D eigenvalue weighted by Crippen LogP contribution is 2.33. The maximum Gasteiger partial charge on any atom is 0.226 e. The Kier molecular flexibility index (Phi) is 4.87. The first-order valence-corrected chi connectivity index (χ1v) is 8.02. The van der Waals surface area contributed by atoms with Crippen LogP contribution in [0.25, 0.3) is 0 Å². The molecule has 1 aromatic rings. The predicted octanol–water partition coefficient (Wildman–Crippen LogP) is 1.80. The average molecular weight is 295 g/mol. The third kappa shape index (κ3) is 3.44. The number of hydrogen-bond donors (Lipinski definition) is 1. The van der Waals surface area contributed by atoms with Gasteiger partial charge in [0.15, 0.2) is 0 Å². The van der Waals surface area contributed by atoms with Crippen molar-refractivity contribution in [3.63, 3.8) is 0 Å². The lowest BCUT2D eigenvalue weighted by Gasteiger charge is -2.32. The second-order valence-electron chi connectivity index (χ2n) is 6.01. The van der Waals surface area contributed by atoms with Gasteiger partial charge in [-0.2, -0.15) is 4.98 Å². The molecule has 1 unspecified atom stereocenters. The molecule has 0 bridgehead atoms. The Bertz CT molecular complexity index is 437. The first-order chi connectivity index (χ1) is 10.3. The van der Waals surface area contributed by atoms with Crippen molar-refractivity contribution in [2.45, 2.75) is 56.6 Å². The fraction of sp³-hybridized carbons (Fsp3) is 0.867. The summed E-state index contributed by atoms with van der Waals surface area (Å²) in [6.45, 7) is 2.50. The van der Waals surface area contributed by atoms with Gasteiger partial charge in [-0.3, -0.25) is 0 Å². The van der Waals surface area contributed by atoms with Crippen molar-refractivity contribution in [2.75, 3.05) is 26.9 Å². The normalized spacial score (nSPS) is 25.9. The Balaban J connectivity index is 1.59. The minimum Gasteiger partial charge on any atom is -0.381 e. The quantitative estimate of drug-likeness (QED) is 0.893. The van der Waals surface area contributed by atoms with E-state index < -0.39 is 5.60 Å². The number of rotatable bonds is 5. The SMILES string of the molecule is COC1(c2noc(CCC3CCCCN3)n2)CCOCC1. The van der Waals surface area contributed by atoms with Crippen molar-refractivity contribution < 1.29 is 14.0 Å². The highest BCUT2D eigenvalue weighted by Gasteiger charge is 2.39. The maximum absolute atomic E-state index is 5.70. The zero-order valence-electron chi connectivity index (χ0n) is 12.8. The molecule has 2 aliphatic rings. The number of ether oxygens (including phenoxy) is 2. The van der Waals surface area contributed by atoms with Gasteiger partial charge in [-0.1, -0.05) is 11.6 Å². The van der Waals surface area contributed by atoms with E-state index in [1.165, 1.54) is 19.3 Å². The lowest BCUT2D eigenvalue weighted by Crippen LogP contribution is -2.36. The van der Waals surface area contributed by atoms with E-state index in [4.69, 9.17) is 14.0 Å². The third-order valence-corrected chi connectivity index (χ3v) is 4.69. The van der Waals surface area contributed by atoms with Gasteiger partial charge < -0.3 is 19.3 Å². The summed E-state index contributed by atoms with van der Waals surface area (Å²) in [4.78, 5) is 4.58. The number of hydrogen-bond acceptors (Lipinski definition) is 6. The summed E-state index contributed by atoms with van der Waals surface area (Å²) in [6, 6.07) is 0.591. The van der Waals surface area contributed by atoms with E-state index in [-0.39, 0.29) is 0 Å². The smallest absolute Gasteiger partial charge is 0.226 e. The molecule has 0 saturated carbocycles. The van der Waals surface area contributed by atoms with Gasteiger partial charge in [-0.25, -0.2) is 0 Å². The topological polar surface area (TPSA) is 69.4 Å². The van der Waals surface area contributed by atoms with Gasteiger partial charge in [0.05, 0.1) is 0 Å². The van der Waals surface area contributed by atoms with Gasteiger partial charge in [0.2, 0.25) is 11.7 Å². The van der Waals surface area contributed by atoms with Gasteiger partial charge in [0.25, 0.3) is 0 Å². The molecule has 1 atom stereocenters. The summed E-state index contributed by atoms with van der Waals surface area (Å²) in [5.74, 6) is 1.40. The van der Waals surface area contributed by atoms with Crippen LogP contribution in [0.3, 0.4) is 0 Å². The monoisotopic (exact) mass is 295 g/mol. The first kappa shape index (κ1) is 14.9. The molecule has 6 heteroatoms. The molecule has 0 spiro atoms. The van der Waals surface area contributed by atoms with Crippen LogP contribution < -0.4 is 5.32 Å². The van der Waals surface area contributed by atoms with E-state index in [0.29, 0.717) is 25.1 Å². The summed E-state index contributed by atoms with van der Waals surface area (Å²) in [5, 5.41) is 7.71. The molecule has 3 heterocycles. The molecule has 0 radical (unpaired) electrons. The minimum atomic E-state index is -0.427. The average Bonchev–Trinajstić information content (AvgIpc) is 3.04. The zero-order valence-corrected chi connectivity index (χ0v) is 12.8. The molecule has 2 saturated heterocycles. The second kappa shape index (κ2) is 6.85. The molecule has 2 aliphatic heterocycles. The molecule has 0 aromatic carbocycles. The van der Waals surface area contributed by atoms with E-state index in [1.54, 1.807) is 7.11 Å². The highest BCUT2D eigenvalue weighted by atomic mass is 16.5. The van der Waals surface area contributed by atoms with E-state index in [9.17, 15) is 0 Å². The summed E-state index contributed by atoms with van der Waals surface area (Å²) in [7, 11) is 1.72. The van der Waals surface area contributed by atoms with Crippen molar-refractivity contribution in [1.29, 1.82) is 0 Å². The Morgan fingerprint density at radius 1 is 1.33 bits per heavy atom. The largest absolute Gasteiger partial charge is 0.381 e. The van der Waals surface area contributed by atoms with Gasteiger partial charge >= 0.3 is 0 Å². The Morgan fingerprint density at radius 3 is 2.90 bits per heavy atom.